The molecule has 1 amide bonds. The molecule has 1 aromatic rings. The van der Waals surface area contributed by atoms with Crippen LogP contribution in [0.2, 0.25) is 0 Å². The van der Waals surface area contributed by atoms with Crippen LogP contribution in [-0.4, -0.2) is 41.4 Å². The van der Waals surface area contributed by atoms with Crippen molar-refractivity contribution in [1.82, 2.24) is 5.32 Å². The minimum absolute atomic E-state index is 0.305. The number of benzene rings is 1. The maximum absolute atomic E-state index is 12.7. The Morgan fingerprint density at radius 1 is 1.27 bits per heavy atom. The molecule has 122 valence electrons. The van der Waals surface area contributed by atoms with Crippen molar-refractivity contribution >= 4 is 11.9 Å². The van der Waals surface area contributed by atoms with Crippen LogP contribution in [-0.2, 0) is 9.53 Å². The first-order chi connectivity index (χ1) is 10.2. The second kappa shape index (κ2) is 7.89. The molecule has 0 heterocycles. The van der Waals surface area contributed by atoms with Gasteiger partial charge in [-0.05, 0) is 32.9 Å². The molecular formula is C16H22FNO4. The zero-order chi connectivity index (χ0) is 16.8. The van der Waals surface area contributed by atoms with E-state index in [0.717, 1.165) is 0 Å². The van der Waals surface area contributed by atoms with E-state index >= 15 is 0 Å². The zero-order valence-electron chi connectivity index (χ0n) is 13.0. The van der Waals surface area contributed by atoms with E-state index in [1.807, 2.05) is 0 Å². The lowest BCUT2D eigenvalue weighted by atomic mass is 10.1. The zero-order valence-corrected chi connectivity index (χ0v) is 13.0. The van der Waals surface area contributed by atoms with Crippen molar-refractivity contribution in [1.29, 1.82) is 0 Å². The van der Waals surface area contributed by atoms with Crippen LogP contribution < -0.4 is 5.32 Å². The summed E-state index contributed by atoms with van der Waals surface area (Å²) in [4.78, 5) is 23.8. The van der Waals surface area contributed by atoms with Crippen LogP contribution in [0.15, 0.2) is 30.3 Å². The number of aliphatic hydroxyl groups is 1. The fourth-order valence-corrected chi connectivity index (χ4v) is 1.79. The number of hydrogen-bond donors (Lipinski definition) is 2. The first kappa shape index (κ1) is 18.1. The van der Waals surface area contributed by atoms with Crippen LogP contribution in [0, 0.1) is 0 Å². The van der Waals surface area contributed by atoms with Crippen LogP contribution in [0.3, 0.4) is 0 Å². The second-order valence-electron chi connectivity index (χ2n) is 5.96. The van der Waals surface area contributed by atoms with E-state index in [4.69, 9.17) is 4.74 Å². The van der Waals surface area contributed by atoms with E-state index in [1.54, 1.807) is 51.1 Å². The molecule has 22 heavy (non-hydrogen) atoms. The molecule has 0 spiro atoms. The Morgan fingerprint density at radius 3 is 2.36 bits per heavy atom. The van der Waals surface area contributed by atoms with Gasteiger partial charge in [-0.2, -0.15) is 0 Å². The number of aliphatic hydroxyl groups excluding tert-OH is 1. The van der Waals surface area contributed by atoms with Gasteiger partial charge in [0.15, 0.2) is 0 Å². The normalized spacial score (nSPS) is 14.0. The number of ether oxygens (including phenoxy) is 1. The highest BCUT2D eigenvalue weighted by Crippen LogP contribution is 2.11. The van der Waals surface area contributed by atoms with Crippen LogP contribution in [0.1, 0.15) is 37.6 Å². The number of alkyl halides is 1. The standard InChI is InChI=1S/C16H22FNO4/c1-16(2,3)22-14(20)9-12(13(19)10-17)18-15(21)11-7-5-4-6-8-11/h4-8,12-13,19H,9-10H2,1-3H3,(H,18,21). The summed E-state index contributed by atoms with van der Waals surface area (Å²) >= 11 is 0. The van der Waals surface area contributed by atoms with E-state index < -0.39 is 36.3 Å². The van der Waals surface area contributed by atoms with Gasteiger partial charge < -0.3 is 15.2 Å². The van der Waals surface area contributed by atoms with Gasteiger partial charge in [-0.15, -0.1) is 0 Å². The van der Waals surface area contributed by atoms with Crippen molar-refractivity contribution in [3.8, 4) is 0 Å². The van der Waals surface area contributed by atoms with Crippen LogP contribution in [0.4, 0.5) is 4.39 Å². The van der Waals surface area contributed by atoms with Gasteiger partial charge in [-0.3, -0.25) is 9.59 Å². The summed E-state index contributed by atoms with van der Waals surface area (Å²) in [5.41, 5.74) is -0.325. The van der Waals surface area contributed by atoms with E-state index in [-0.39, 0.29) is 6.42 Å². The summed E-state index contributed by atoms with van der Waals surface area (Å²) in [6.07, 6.45) is -1.78. The van der Waals surface area contributed by atoms with Crippen molar-refractivity contribution in [3.63, 3.8) is 0 Å². The summed E-state index contributed by atoms with van der Waals surface area (Å²) in [7, 11) is 0. The molecule has 0 aromatic heterocycles. The number of amides is 1. The minimum atomic E-state index is -1.47. The first-order valence-corrected chi connectivity index (χ1v) is 7.04. The van der Waals surface area contributed by atoms with Crippen molar-refractivity contribution in [2.75, 3.05) is 6.67 Å². The summed E-state index contributed by atoms with van der Waals surface area (Å²) in [5, 5.41) is 12.1. The smallest absolute Gasteiger partial charge is 0.308 e. The third-order valence-electron chi connectivity index (χ3n) is 2.78. The molecule has 2 N–H and O–H groups in total. The highest BCUT2D eigenvalue weighted by molar-refractivity contribution is 5.94. The summed E-state index contributed by atoms with van der Waals surface area (Å²) in [6, 6.07) is 7.24. The predicted molar refractivity (Wildman–Crippen MR) is 80.1 cm³/mol. The molecule has 0 bridgehead atoms. The summed E-state index contributed by atoms with van der Waals surface area (Å²) in [5.74, 6) is -1.10. The molecule has 0 aliphatic rings. The Balaban J connectivity index is 2.73. The third-order valence-corrected chi connectivity index (χ3v) is 2.78. The Labute approximate surface area is 129 Å². The number of carbonyl (C=O) groups is 2. The number of carbonyl (C=O) groups excluding carboxylic acids is 2. The molecule has 1 aromatic carbocycles. The second-order valence-corrected chi connectivity index (χ2v) is 5.96. The topological polar surface area (TPSA) is 75.6 Å². The van der Waals surface area contributed by atoms with Crippen molar-refractivity contribution < 1.29 is 23.8 Å². The molecule has 0 radical (unpaired) electrons. The molecule has 0 saturated heterocycles. The molecule has 0 fully saturated rings. The predicted octanol–water partition coefficient (Wildman–Crippen LogP) is 1.85. The molecule has 0 saturated carbocycles. The number of esters is 1. The number of halogens is 1. The Kier molecular flexibility index (Phi) is 6.49. The van der Waals surface area contributed by atoms with E-state index in [2.05, 4.69) is 5.32 Å². The fourth-order valence-electron chi connectivity index (χ4n) is 1.79. The van der Waals surface area contributed by atoms with Crippen LogP contribution in [0.5, 0.6) is 0 Å². The van der Waals surface area contributed by atoms with E-state index in [0.29, 0.717) is 5.56 Å². The van der Waals surface area contributed by atoms with Gasteiger partial charge in [0.1, 0.15) is 18.4 Å². The van der Waals surface area contributed by atoms with Crippen LogP contribution >= 0.6 is 0 Å². The lowest BCUT2D eigenvalue weighted by Gasteiger charge is -2.24. The molecule has 0 aliphatic heterocycles. The van der Waals surface area contributed by atoms with Crippen molar-refractivity contribution in [3.05, 3.63) is 35.9 Å². The first-order valence-electron chi connectivity index (χ1n) is 7.04. The van der Waals surface area contributed by atoms with Crippen molar-refractivity contribution in [2.24, 2.45) is 0 Å². The lowest BCUT2D eigenvalue weighted by Crippen LogP contribution is -2.46. The van der Waals surface area contributed by atoms with Gasteiger partial charge in [0.25, 0.3) is 5.91 Å². The number of nitrogens with one attached hydrogen (secondary N) is 1. The average Bonchev–Trinajstić information content (AvgIpc) is 2.44. The van der Waals surface area contributed by atoms with Gasteiger partial charge in [0, 0.05) is 5.56 Å². The van der Waals surface area contributed by atoms with Gasteiger partial charge in [-0.25, -0.2) is 4.39 Å². The maximum Gasteiger partial charge on any atom is 0.308 e. The van der Waals surface area contributed by atoms with Crippen LogP contribution in [0.25, 0.3) is 0 Å². The van der Waals surface area contributed by atoms with Crippen molar-refractivity contribution in [2.45, 2.75) is 44.9 Å². The maximum atomic E-state index is 12.7. The summed E-state index contributed by atoms with van der Waals surface area (Å²) in [6.45, 7) is 4.04. The van der Waals surface area contributed by atoms with E-state index in [1.165, 1.54) is 0 Å². The molecule has 6 heteroatoms. The summed E-state index contributed by atoms with van der Waals surface area (Å²) < 4.78 is 17.9. The molecule has 0 aliphatic carbocycles. The van der Waals surface area contributed by atoms with Gasteiger partial charge in [-0.1, -0.05) is 18.2 Å². The Bertz CT molecular complexity index is 499. The average molecular weight is 311 g/mol. The highest BCUT2D eigenvalue weighted by atomic mass is 19.1. The molecule has 5 nitrogen and oxygen atoms in total. The SMILES string of the molecule is CC(C)(C)OC(=O)CC(NC(=O)c1ccccc1)C(O)CF. The quantitative estimate of drug-likeness (QED) is 0.786. The minimum Gasteiger partial charge on any atom is -0.460 e. The lowest BCUT2D eigenvalue weighted by molar-refractivity contribution is -0.156. The van der Waals surface area contributed by atoms with Gasteiger partial charge >= 0.3 is 5.97 Å². The monoisotopic (exact) mass is 311 g/mol. The molecular weight excluding hydrogens is 289 g/mol. The van der Waals surface area contributed by atoms with Gasteiger partial charge in [0.05, 0.1) is 12.5 Å². The van der Waals surface area contributed by atoms with Gasteiger partial charge in [0.2, 0.25) is 0 Å². The number of rotatable bonds is 6. The molecule has 1 rings (SSSR count). The third kappa shape index (κ3) is 6.22. The fraction of sp³-hybridized carbons (Fsp3) is 0.500. The highest BCUT2D eigenvalue weighted by Gasteiger charge is 2.27. The molecule has 2 unspecified atom stereocenters. The molecule has 2 atom stereocenters. The Morgan fingerprint density at radius 2 is 1.86 bits per heavy atom. The Hall–Kier alpha value is -1.95. The number of hydrogen-bond acceptors (Lipinski definition) is 4. The largest absolute Gasteiger partial charge is 0.460 e. The van der Waals surface area contributed by atoms with E-state index in [9.17, 15) is 19.1 Å².